The summed E-state index contributed by atoms with van der Waals surface area (Å²) >= 11 is 0.903. The van der Waals surface area contributed by atoms with Crippen molar-refractivity contribution in [3.63, 3.8) is 0 Å². The van der Waals surface area contributed by atoms with Gasteiger partial charge in [0.25, 0.3) is 6.43 Å². The van der Waals surface area contributed by atoms with Crippen LogP contribution >= 0.6 is 11.3 Å². The summed E-state index contributed by atoms with van der Waals surface area (Å²) in [4.78, 5) is 4.31. The van der Waals surface area contributed by atoms with E-state index >= 15 is 0 Å². The standard InChI is InChI=1S/C5H3F2N3S/c6-3(7)4-9-10-2-1-8-5(10)11-4/h1-3H. The maximum absolute atomic E-state index is 12.0. The molecule has 0 atom stereocenters. The zero-order valence-electron chi connectivity index (χ0n) is 5.24. The first kappa shape index (κ1) is 6.66. The van der Waals surface area contributed by atoms with Crippen molar-refractivity contribution in [2.24, 2.45) is 0 Å². The van der Waals surface area contributed by atoms with Gasteiger partial charge in [-0.1, -0.05) is 11.3 Å². The molecule has 2 rings (SSSR count). The maximum Gasteiger partial charge on any atom is 0.291 e. The zero-order chi connectivity index (χ0) is 7.84. The Hall–Kier alpha value is -1.04. The molecular weight excluding hydrogens is 172 g/mol. The van der Waals surface area contributed by atoms with Crippen LogP contribution in [0.2, 0.25) is 0 Å². The van der Waals surface area contributed by atoms with Gasteiger partial charge in [0.15, 0.2) is 5.01 Å². The van der Waals surface area contributed by atoms with Crippen molar-refractivity contribution in [3.8, 4) is 0 Å². The Kier molecular flexibility index (Phi) is 1.35. The van der Waals surface area contributed by atoms with Gasteiger partial charge in [0.2, 0.25) is 4.96 Å². The monoisotopic (exact) mass is 175 g/mol. The fourth-order valence-corrected chi connectivity index (χ4v) is 1.45. The number of nitrogens with zero attached hydrogens (tertiary/aromatic N) is 3. The Bertz CT molecular complexity index is 338. The molecule has 11 heavy (non-hydrogen) atoms. The summed E-state index contributed by atoms with van der Waals surface area (Å²) in [5.41, 5.74) is 0. The molecule has 3 nitrogen and oxygen atoms in total. The quantitative estimate of drug-likeness (QED) is 0.660. The topological polar surface area (TPSA) is 30.2 Å². The lowest BCUT2D eigenvalue weighted by Gasteiger charge is -1.85. The Morgan fingerprint density at radius 1 is 1.55 bits per heavy atom. The predicted molar refractivity (Wildman–Crippen MR) is 35.8 cm³/mol. The number of halogens is 2. The lowest BCUT2D eigenvalue weighted by Crippen LogP contribution is -1.85. The van der Waals surface area contributed by atoms with Gasteiger partial charge in [-0.05, 0) is 0 Å². The molecule has 0 bridgehead atoms. The van der Waals surface area contributed by atoms with E-state index in [9.17, 15) is 8.78 Å². The van der Waals surface area contributed by atoms with E-state index in [0.29, 0.717) is 4.96 Å². The fraction of sp³-hybridized carbons (Fsp3) is 0.200. The van der Waals surface area contributed by atoms with E-state index in [1.165, 1.54) is 16.9 Å². The molecule has 0 aliphatic carbocycles. The van der Waals surface area contributed by atoms with Crippen LogP contribution in [-0.2, 0) is 0 Å². The smallest absolute Gasteiger partial charge is 0.226 e. The first-order chi connectivity index (χ1) is 5.27. The molecule has 0 N–H and O–H groups in total. The van der Waals surface area contributed by atoms with Crippen molar-refractivity contribution in [2.45, 2.75) is 6.43 Å². The lowest BCUT2D eigenvalue weighted by atomic mass is 10.8. The molecule has 0 spiro atoms. The highest BCUT2D eigenvalue weighted by atomic mass is 32.1. The maximum atomic E-state index is 12.0. The number of aromatic nitrogens is 3. The van der Waals surface area contributed by atoms with Crippen LogP contribution in [0.25, 0.3) is 4.96 Å². The van der Waals surface area contributed by atoms with E-state index < -0.39 is 6.43 Å². The van der Waals surface area contributed by atoms with Crippen LogP contribution in [0.5, 0.6) is 0 Å². The van der Waals surface area contributed by atoms with Gasteiger partial charge in [-0.15, -0.1) is 0 Å². The third-order valence-corrected chi connectivity index (χ3v) is 2.12. The zero-order valence-corrected chi connectivity index (χ0v) is 6.05. The largest absolute Gasteiger partial charge is 0.291 e. The first-order valence-corrected chi connectivity index (χ1v) is 3.67. The minimum Gasteiger partial charge on any atom is -0.226 e. The molecule has 0 saturated heterocycles. The molecule has 0 aliphatic heterocycles. The summed E-state index contributed by atoms with van der Waals surface area (Å²) < 4.78 is 25.3. The average Bonchev–Trinajstić information content (AvgIpc) is 2.40. The molecule has 6 heteroatoms. The average molecular weight is 175 g/mol. The van der Waals surface area contributed by atoms with Crippen molar-refractivity contribution >= 4 is 16.3 Å². The molecule has 58 valence electrons. The third-order valence-electron chi connectivity index (χ3n) is 1.18. The number of fused-ring (bicyclic) bond motifs is 1. The lowest BCUT2D eigenvalue weighted by molar-refractivity contribution is 0.149. The van der Waals surface area contributed by atoms with Gasteiger partial charge < -0.3 is 0 Å². The van der Waals surface area contributed by atoms with Gasteiger partial charge >= 0.3 is 0 Å². The first-order valence-electron chi connectivity index (χ1n) is 2.85. The molecule has 0 radical (unpaired) electrons. The van der Waals surface area contributed by atoms with Gasteiger partial charge in [-0.25, -0.2) is 18.3 Å². The minimum absolute atomic E-state index is 0.187. The van der Waals surface area contributed by atoms with Crippen molar-refractivity contribution in [1.29, 1.82) is 0 Å². The Balaban J connectivity index is 2.58. The van der Waals surface area contributed by atoms with Crippen LogP contribution in [0.3, 0.4) is 0 Å². The molecule has 0 saturated carbocycles. The Morgan fingerprint density at radius 2 is 2.36 bits per heavy atom. The van der Waals surface area contributed by atoms with Crippen molar-refractivity contribution in [1.82, 2.24) is 14.6 Å². The van der Waals surface area contributed by atoms with Crippen LogP contribution in [0.15, 0.2) is 12.4 Å². The Morgan fingerprint density at radius 3 is 3.00 bits per heavy atom. The van der Waals surface area contributed by atoms with Crippen LogP contribution in [0.4, 0.5) is 8.78 Å². The van der Waals surface area contributed by atoms with Crippen LogP contribution in [0.1, 0.15) is 11.4 Å². The summed E-state index contributed by atoms with van der Waals surface area (Å²) in [5, 5.41) is 3.41. The molecule has 2 aromatic heterocycles. The SMILES string of the molecule is FC(F)c1nn2ccnc2s1. The predicted octanol–water partition coefficient (Wildman–Crippen LogP) is 1.73. The van der Waals surface area contributed by atoms with E-state index in [0.717, 1.165) is 11.3 Å². The van der Waals surface area contributed by atoms with Crippen molar-refractivity contribution in [2.75, 3.05) is 0 Å². The van der Waals surface area contributed by atoms with E-state index in [-0.39, 0.29) is 5.01 Å². The van der Waals surface area contributed by atoms with E-state index in [2.05, 4.69) is 10.1 Å². The number of imidazole rings is 1. The molecule has 2 heterocycles. The highest BCUT2D eigenvalue weighted by Crippen LogP contribution is 2.23. The van der Waals surface area contributed by atoms with E-state index in [4.69, 9.17) is 0 Å². The summed E-state index contributed by atoms with van der Waals surface area (Å²) in [6.07, 6.45) is 0.563. The minimum atomic E-state index is -2.50. The third kappa shape index (κ3) is 0.988. The number of alkyl halides is 2. The second kappa shape index (κ2) is 2.23. The Labute approximate surface area is 64.3 Å². The van der Waals surface area contributed by atoms with Gasteiger partial charge in [0.05, 0.1) is 6.20 Å². The molecule has 0 aliphatic rings. The molecule has 0 unspecified atom stereocenters. The molecule has 0 fully saturated rings. The highest BCUT2D eigenvalue weighted by molar-refractivity contribution is 7.16. The fourth-order valence-electron chi connectivity index (χ4n) is 0.741. The highest BCUT2D eigenvalue weighted by Gasteiger charge is 2.13. The summed E-state index contributed by atoms with van der Waals surface area (Å²) in [5.74, 6) is 0. The summed E-state index contributed by atoms with van der Waals surface area (Å²) in [6.45, 7) is 0. The van der Waals surface area contributed by atoms with Gasteiger partial charge in [-0.3, -0.25) is 0 Å². The molecule has 2 aromatic rings. The van der Waals surface area contributed by atoms with E-state index in [1.807, 2.05) is 0 Å². The second-order valence-corrected chi connectivity index (χ2v) is 2.88. The number of rotatable bonds is 1. The molecular formula is C5H3F2N3S. The van der Waals surface area contributed by atoms with Crippen LogP contribution in [-0.4, -0.2) is 14.6 Å². The van der Waals surface area contributed by atoms with E-state index in [1.54, 1.807) is 0 Å². The summed E-state index contributed by atoms with van der Waals surface area (Å²) in [6, 6.07) is 0. The molecule has 0 aromatic carbocycles. The number of hydrogen-bond acceptors (Lipinski definition) is 3. The van der Waals surface area contributed by atoms with Crippen LogP contribution < -0.4 is 0 Å². The van der Waals surface area contributed by atoms with Crippen LogP contribution in [0, 0.1) is 0 Å². The van der Waals surface area contributed by atoms with Gasteiger partial charge in [0, 0.05) is 6.20 Å². The number of hydrogen-bond donors (Lipinski definition) is 0. The normalized spacial score (nSPS) is 11.5. The van der Waals surface area contributed by atoms with Gasteiger partial charge in [-0.2, -0.15) is 5.10 Å². The second-order valence-electron chi connectivity index (χ2n) is 1.90. The molecule has 0 amide bonds. The van der Waals surface area contributed by atoms with Crippen molar-refractivity contribution < 1.29 is 8.78 Å². The van der Waals surface area contributed by atoms with Crippen molar-refractivity contribution in [3.05, 3.63) is 17.4 Å². The van der Waals surface area contributed by atoms with Gasteiger partial charge in [0.1, 0.15) is 0 Å². The summed E-state index contributed by atoms with van der Waals surface area (Å²) in [7, 11) is 0.